The van der Waals surface area contributed by atoms with E-state index in [0.29, 0.717) is 91.5 Å². The lowest BCUT2D eigenvalue weighted by molar-refractivity contribution is -0.137. The molecule has 80 heavy (non-hydrogen) atoms. The normalized spacial score (nSPS) is 20.7. The third kappa shape index (κ3) is 15.3. The fraction of sp³-hybridized carbons (Fsp3) is 0.525. The Labute approximate surface area is 475 Å². The van der Waals surface area contributed by atoms with Crippen LogP contribution in [-0.4, -0.2) is 162 Å². The van der Waals surface area contributed by atoms with Crippen LogP contribution in [-0.2, 0) is 57.6 Å². The Bertz CT molecular complexity index is 2750. The van der Waals surface area contributed by atoms with Crippen LogP contribution in [0.25, 0.3) is 0 Å². The molecule has 1 saturated carbocycles. The van der Waals surface area contributed by atoms with Crippen molar-refractivity contribution in [2.75, 3.05) is 109 Å². The first-order chi connectivity index (χ1) is 38.9. The monoisotopic (exact) mass is 1120 g/mol. The van der Waals surface area contributed by atoms with Crippen molar-refractivity contribution in [2.24, 2.45) is 5.92 Å². The highest BCUT2D eigenvalue weighted by Gasteiger charge is 2.41. The van der Waals surface area contributed by atoms with Crippen LogP contribution >= 0.6 is 11.6 Å². The van der Waals surface area contributed by atoms with Gasteiger partial charge in [0.1, 0.15) is 6.04 Å². The van der Waals surface area contributed by atoms with Crippen LogP contribution in [0.4, 0.5) is 11.4 Å². The van der Waals surface area contributed by atoms with Crippen molar-refractivity contribution in [2.45, 2.75) is 103 Å². The molecule has 2 saturated heterocycles. The molecule has 430 valence electrons. The molecule has 0 spiro atoms. The Hall–Kier alpha value is -5.96. The molecule has 0 radical (unpaired) electrons. The lowest BCUT2D eigenvalue weighted by Gasteiger charge is -2.42. The Morgan fingerprint density at radius 2 is 1.46 bits per heavy atom. The summed E-state index contributed by atoms with van der Waals surface area (Å²) in [5.41, 5.74) is 6.56. The van der Waals surface area contributed by atoms with Gasteiger partial charge < -0.3 is 48.9 Å². The number of halogens is 1. The van der Waals surface area contributed by atoms with Gasteiger partial charge in [0.2, 0.25) is 23.6 Å². The summed E-state index contributed by atoms with van der Waals surface area (Å²) < 4.78 is 34.6. The maximum absolute atomic E-state index is 14.0. The first-order valence-electron chi connectivity index (χ1n) is 28.5. The van der Waals surface area contributed by atoms with E-state index in [2.05, 4.69) is 50.0 Å². The van der Waals surface area contributed by atoms with E-state index >= 15 is 0 Å². The molecule has 19 heteroatoms. The van der Waals surface area contributed by atoms with E-state index in [-0.39, 0.29) is 74.6 Å². The van der Waals surface area contributed by atoms with Crippen molar-refractivity contribution in [1.82, 2.24) is 25.3 Å². The molecule has 3 N–H and O–H groups in total. The summed E-state index contributed by atoms with van der Waals surface area (Å²) in [7, 11) is 1.63. The molecule has 4 aromatic carbocycles. The number of amides is 5. The van der Waals surface area contributed by atoms with E-state index < -0.39 is 11.9 Å². The van der Waals surface area contributed by atoms with Gasteiger partial charge in [-0.25, -0.2) is 0 Å². The number of piperidine rings is 1. The minimum Gasteiger partial charge on any atom is -0.493 e. The molecule has 0 aromatic heterocycles. The Kier molecular flexibility index (Phi) is 21.0. The molecule has 1 aliphatic carbocycles. The second-order valence-electron chi connectivity index (χ2n) is 21.6. The van der Waals surface area contributed by atoms with Gasteiger partial charge in [0.15, 0.2) is 11.5 Å². The van der Waals surface area contributed by atoms with Crippen molar-refractivity contribution in [3.05, 3.63) is 117 Å². The Balaban J connectivity index is 0.584. The van der Waals surface area contributed by atoms with Crippen LogP contribution in [0.1, 0.15) is 103 Å². The molecular weight excluding hydrogens is 1040 g/mol. The zero-order chi connectivity index (χ0) is 56.0. The number of rotatable bonds is 27. The predicted octanol–water partition coefficient (Wildman–Crippen LogP) is 6.94. The lowest BCUT2D eigenvalue weighted by atomic mass is 9.85. The Morgan fingerprint density at radius 1 is 0.775 bits per heavy atom. The standard InChI is InChI=1S/C61H78ClN7O11/c1-41(2)80-55-37-50-45(35-54(55)75-3)36-58(72)69(59(50)44-11-13-46(62)14-12-44)48-17-9-43(10-18-48)39-63-38-42-7-15-47(16-8-42)67-24-22-66(23-25-67)26-28-77-30-32-79-34-33-78-31-29-76-27-21-57(71)64-52-6-4-5-49-51(52)40-68(61(49)74)53-19-20-56(70)65-60(53)73/h4-6,9-14,17-18,35,37,41-42,47,53,59,63H,7-8,15-16,19-34,36,38-40H2,1-3H3,(H,64,71)(H,65,70,73)/t42?,47?,53?,59-/m0/s1. The summed E-state index contributed by atoms with van der Waals surface area (Å²) in [6, 6.07) is 24.8. The highest BCUT2D eigenvalue weighted by molar-refractivity contribution is 6.30. The summed E-state index contributed by atoms with van der Waals surface area (Å²) in [6.07, 6.45) is 5.75. The van der Waals surface area contributed by atoms with E-state index in [4.69, 9.17) is 40.0 Å². The summed E-state index contributed by atoms with van der Waals surface area (Å²) in [5, 5.41) is 9.57. The highest BCUT2D eigenvalue weighted by Crippen LogP contribution is 2.44. The molecule has 2 atom stereocenters. The topological polar surface area (TPSA) is 190 Å². The SMILES string of the molecule is COc1cc2c(cc1OC(C)C)[C@H](c1ccc(Cl)cc1)N(c1ccc(CNCC3CCC(N4CCN(CCOCCOCCOCCOCCC(=O)Nc5cccc6c5CN(C5CCC(=O)NC5=O)C6=O)CC4)CC3)cc1)C(=O)C2. The van der Waals surface area contributed by atoms with Crippen LogP contribution in [0.15, 0.2) is 78.9 Å². The van der Waals surface area contributed by atoms with Gasteiger partial charge in [-0.2, -0.15) is 0 Å². The number of ether oxygens (including phenoxy) is 6. The van der Waals surface area contributed by atoms with Crippen molar-refractivity contribution in [3.63, 3.8) is 0 Å². The molecule has 3 fully saturated rings. The number of nitrogens with one attached hydrogen (secondary N) is 3. The zero-order valence-corrected chi connectivity index (χ0v) is 47.3. The highest BCUT2D eigenvalue weighted by atomic mass is 35.5. The largest absolute Gasteiger partial charge is 0.493 e. The minimum absolute atomic E-state index is 0.0208. The molecule has 4 aromatic rings. The number of fused-ring (bicyclic) bond motifs is 2. The number of benzene rings is 4. The van der Waals surface area contributed by atoms with Crippen LogP contribution < -0.4 is 30.3 Å². The van der Waals surface area contributed by atoms with E-state index in [1.165, 1.54) is 36.1 Å². The third-order valence-electron chi connectivity index (χ3n) is 15.9. The first kappa shape index (κ1) is 58.7. The van der Waals surface area contributed by atoms with Gasteiger partial charge in [0, 0.05) is 85.8 Å². The second kappa shape index (κ2) is 28.6. The zero-order valence-electron chi connectivity index (χ0n) is 46.5. The van der Waals surface area contributed by atoms with Crippen LogP contribution in [0, 0.1) is 5.92 Å². The fourth-order valence-electron chi connectivity index (χ4n) is 11.6. The number of carbonyl (C=O) groups excluding carboxylic acids is 5. The van der Waals surface area contributed by atoms with Gasteiger partial charge in [-0.15, -0.1) is 0 Å². The number of hydrogen-bond acceptors (Lipinski definition) is 14. The summed E-state index contributed by atoms with van der Waals surface area (Å²) in [6.45, 7) is 14.7. The molecule has 5 amide bonds. The van der Waals surface area contributed by atoms with Crippen LogP contribution in [0.3, 0.4) is 0 Å². The predicted molar refractivity (Wildman–Crippen MR) is 304 cm³/mol. The number of imide groups is 1. The number of carbonyl (C=O) groups is 5. The molecule has 1 unspecified atom stereocenters. The van der Waals surface area contributed by atoms with E-state index in [9.17, 15) is 24.0 Å². The molecule has 0 bridgehead atoms. The van der Waals surface area contributed by atoms with E-state index in [1.54, 1.807) is 25.3 Å². The van der Waals surface area contributed by atoms with Crippen molar-refractivity contribution in [3.8, 4) is 11.5 Å². The Morgan fingerprint density at radius 3 is 2.14 bits per heavy atom. The van der Waals surface area contributed by atoms with Crippen LogP contribution in [0.2, 0.25) is 5.02 Å². The number of hydrogen-bond donors (Lipinski definition) is 3. The molecule has 4 aliphatic heterocycles. The maximum atomic E-state index is 14.0. The molecule has 4 heterocycles. The van der Waals surface area contributed by atoms with Gasteiger partial charge in [-0.3, -0.25) is 39.1 Å². The summed E-state index contributed by atoms with van der Waals surface area (Å²) in [4.78, 5) is 72.4. The van der Waals surface area contributed by atoms with Gasteiger partial charge in [0.25, 0.3) is 5.91 Å². The third-order valence-corrected chi connectivity index (χ3v) is 16.1. The average Bonchev–Trinajstić information content (AvgIpc) is 3.81. The molecular formula is C61H78ClN7O11. The van der Waals surface area contributed by atoms with Crippen LogP contribution in [0.5, 0.6) is 11.5 Å². The van der Waals surface area contributed by atoms with Gasteiger partial charge in [-0.05, 0) is 129 Å². The van der Waals surface area contributed by atoms with Gasteiger partial charge in [0.05, 0.1) is 85.0 Å². The number of methoxy groups -OCH3 is 1. The van der Waals surface area contributed by atoms with Gasteiger partial charge in [-0.1, -0.05) is 41.9 Å². The lowest BCUT2D eigenvalue weighted by Crippen LogP contribution is -2.52. The fourth-order valence-corrected chi connectivity index (χ4v) is 11.8. The maximum Gasteiger partial charge on any atom is 0.255 e. The van der Waals surface area contributed by atoms with Crippen molar-refractivity contribution >= 4 is 52.5 Å². The average molecular weight is 1120 g/mol. The van der Waals surface area contributed by atoms with Crippen molar-refractivity contribution in [1.29, 1.82) is 0 Å². The number of piperazine rings is 1. The smallest absolute Gasteiger partial charge is 0.255 e. The van der Waals surface area contributed by atoms with E-state index in [1.807, 2.05) is 55.1 Å². The molecule has 5 aliphatic rings. The minimum atomic E-state index is -0.721. The first-order valence-corrected chi connectivity index (χ1v) is 28.9. The summed E-state index contributed by atoms with van der Waals surface area (Å²) in [5.74, 6) is 0.610. The molecule has 18 nitrogen and oxygen atoms in total. The summed E-state index contributed by atoms with van der Waals surface area (Å²) >= 11 is 6.33. The second-order valence-corrected chi connectivity index (χ2v) is 22.0. The number of nitrogens with zero attached hydrogens (tertiary/aromatic N) is 4. The van der Waals surface area contributed by atoms with E-state index in [0.717, 1.165) is 68.2 Å². The van der Waals surface area contributed by atoms with Crippen molar-refractivity contribution < 1.29 is 52.4 Å². The molecule has 9 rings (SSSR count). The quantitative estimate of drug-likeness (QED) is 0.0412. The number of anilines is 2. The van der Waals surface area contributed by atoms with Gasteiger partial charge >= 0.3 is 0 Å².